The Hall–Kier alpha value is -1.81. The van der Waals surface area contributed by atoms with Crippen molar-refractivity contribution in [2.45, 2.75) is 71.1 Å². The summed E-state index contributed by atoms with van der Waals surface area (Å²) >= 11 is 0. The quantitative estimate of drug-likeness (QED) is 0.836. The van der Waals surface area contributed by atoms with Gasteiger partial charge in [-0.25, -0.2) is 4.79 Å². The van der Waals surface area contributed by atoms with Gasteiger partial charge in [0.05, 0.1) is 0 Å². The molecule has 1 saturated heterocycles. The summed E-state index contributed by atoms with van der Waals surface area (Å²) in [6.45, 7) is 9.47. The minimum absolute atomic E-state index is 0.174. The van der Waals surface area contributed by atoms with E-state index in [1.165, 1.54) is 18.4 Å². The topological polar surface area (TPSA) is 41.6 Å². The van der Waals surface area contributed by atoms with Gasteiger partial charge in [0, 0.05) is 25.2 Å². The highest BCUT2D eigenvalue weighted by Crippen LogP contribution is 2.22. The molecule has 1 heterocycles. The highest BCUT2D eigenvalue weighted by atomic mass is 16.6. The average Bonchev–Trinajstić information content (AvgIpc) is 3.27. The summed E-state index contributed by atoms with van der Waals surface area (Å²) in [5.41, 5.74) is 0.892. The Bertz CT molecular complexity index is 574. The van der Waals surface area contributed by atoms with Gasteiger partial charge in [-0.05, 0) is 52.0 Å². The van der Waals surface area contributed by atoms with E-state index in [4.69, 9.17) is 4.74 Å². The summed E-state index contributed by atoms with van der Waals surface area (Å²) in [6.07, 6.45) is 8.87. The highest BCUT2D eigenvalue weighted by molar-refractivity contribution is 5.68. The van der Waals surface area contributed by atoms with Crippen LogP contribution in [0.25, 0.3) is 6.08 Å². The maximum atomic E-state index is 11.8. The number of nitrogens with zero attached hydrogens (tertiary/aromatic N) is 1. The number of allylic oxidation sites excluding steroid dienone is 1. The van der Waals surface area contributed by atoms with Crippen LogP contribution >= 0.6 is 0 Å². The first-order chi connectivity index (χ1) is 12.4. The van der Waals surface area contributed by atoms with E-state index in [1.807, 2.05) is 31.7 Å². The molecule has 0 aromatic heterocycles. The van der Waals surface area contributed by atoms with Gasteiger partial charge in [-0.2, -0.15) is 0 Å². The van der Waals surface area contributed by atoms with Crippen molar-refractivity contribution in [2.75, 3.05) is 13.1 Å². The SMILES string of the molecule is CC(C)(C)OC(=O)N1CCC(NC2CC2)C1.CC/C=C\c1ccccc1. The number of ether oxygens (including phenoxy) is 1. The Balaban J connectivity index is 0.000000209. The van der Waals surface area contributed by atoms with Gasteiger partial charge < -0.3 is 15.0 Å². The Labute approximate surface area is 158 Å². The molecule has 4 heteroatoms. The third-order valence-electron chi connectivity index (χ3n) is 4.23. The van der Waals surface area contributed by atoms with E-state index in [-0.39, 0.29) is 11.7 Å². The average molecular weight is 359 g/mol. The zero-order valence-corrected chi connectivity index (χ0v) is 16.7. The van der Waals surface area contributed by atoms with Crippen LogP contribution in [0.3, 0.4) is 0 Å². The number of likely N-dealkylation sites (tertiary alicyclic amines) is 1. The molecule has 1 saturated carbocycles. The maximum Gasteiger partial charge on any atom is 0.410 e. The summed E-state index contributed by atoms with van der Waals surface area (Å²) in [6, 6.07) is 11.5. The lowest BCUT2D eigenvalue weighted by Crippen LogP contribution is -2.38. The molecule has 0 bridgehead atoms. The minimum atomic E-state index is -0.390. The van der Waals surface area contributed by atoms with Crippen LogP contribution in [-0.4, -0.2) is 41.8 Å². The summed E-state index contributed by atoms with van der Waals surface area (Å²) in [7, 11) is 0. The third kappa shape index (κ3) is 8.05. The van der Waals surface area contributed by atoms with Gasteiger partial charge in [-0.15, -0.1) is 0 Å². The van der Waals surface area contributed by atoms with Crippen LogP contribution in [-0.2, 0) is 4.74 Å². The zero-order valence-electron chi connectivity index (χ0n) is 16.7. The molecular formula is C22H34N2O2. The van der Waals surface area contributed by atoms with Crippen molar-refractivity contribution in [3.63, 3.8) is 0 Å². The van der Waals surface area contributed by atoms with Gasteiger partial charge in [-0.1, -0.05) is 49.4 Å². The van der Waals surface area contributed by atoms with Crippen LogP contribution in [0.5, 0.6) is 0 Å². The Kier molecular flexibility index (Phi) is 7.70. The number of nitrogens with one attached hydrogen (secondary N) is 1. The molecule has 1 aromatic carbocycles. The van der Waals surface area contributed by atoms with Crippen LogP contribution in [0, 0.1) is 0 Å². The number of carbonyl (C=O) groups is 1. The van der Waals surface area contributed by atoms with Crippen LogP contribution in [0.1, 0.15) is 58.9 Å². The fourth-order valence-electron chi connectivity index (χ4n) is 2.79. The molecule has 26 heavy (non-hydrogen) atoms. The maximum absolute atomic E-state index is 11.8. The predicted molar refractivity (Wildman–Crippen MR) is 108 cm³/mol. The number of amides is 1. The van der Waals surface area contributed by atoms with Gasteiger partial charge in [0.15, 0.2) is 0 Å². The van der Waals surface area contributed by atoms with Crippen LogP contribution < -0.4 is 5.32 Å². The number of hydrogen-bond donors (Lipinski definition) is 1. The molecular weight excluding hydrogens is 324 g/mol. The van der Waals surface area contributed by atoms with Crippen molar-refractivity contribution < 1.29 is 9.53 Å². The number of carbonyl (C=O) groups excluding carboxylic acids is 1. The van der Waals surface area contributed by atoms with Crippen molar-refractivity contribution in [3.8, 4) is 0 Å². The van der Waals surface area contributed by atoms with E-state index in [2.05, 4.69) is 48.7 Å². The second-order valence-corrected chi connectivity index (χ2v) is 8.07. The van der Waals surface area contributed by atoms with Gasteiger partial charge in [0.1, 0.15) is 5.60 Å². The van der Waals surface area contributed by atoms with E-state index in [9.17, 15) is 4.79 Å². The lowest BCUT2D eigenvalue weighted by atomic mass is 10.2. The van der Waals surface area contributed by atoms with Crippen LogP contribution in [0.4, 0.5) is 4.79 Å². The third-order valence-corrected chi connectivity index (χ3v) is 4.23. The van der Waals surface area contributed by atoms with Gasteiger partial charge in [0.25, 0.3) is 0 Å². The second-order valence-electron chi connectivity index (χ2n) is 8.07. The number of rotatable bonds is 4. The monoisotopic (exact) mass is 358 g/mol. The van der Waals surface area contributed by atoms with Crippen molar-refractivity contribution in [1.29, 1.82) is 0 Å². The lowest BCUT2D eigenvalue weighted by molar-refractivity contribution is 0.0291. The van der Waals surface area contributed by atoms with Crippen molar-refractivity contribution in [3.05, 3.63) is 42.0 Å². The first-order valence-corrected chi connectivity index (χ1v) is 9.83. The summed E-state index contributed by atoms with van der Waals surface area (Å²) in [5, 5.41) is 3.55. The van der Waals surface area contributed by atoms with Gasteiger partial charge in [0.2, 0.25) is 0 Å². The van der Waals surface area contributed by atoms with E-state index >= 15 is 0 Å². The number of benzene rings is 1. The van der Waals surface area contributed by atoms with Crippen molar-refractivity contribution in [2.24, 2.45) is 0 Å². The molecule has 2 aliphatic rings. The Morgan fingerprint density at radius 3 is 2.46 bits per heavy atom. The first-order valence-electron chi connectivity index (χ1n) is 9.83. The first kappa shape index (κ1) is 20.5. The lowest BCUT2D eigenvalue weighted by Gasteiger charge is -2.24. The van der Waals surface area contributed by atoms with Crippen LogP contribution in [0.15, 0.2) is 36.4 Å². The molecule has 144 valence electrons. The zero-order chi connectivity index (χ0) is 19.0. The van der Waals surface area contributed by atoms with E-state index in [0.29, 0.717) is 12.1 Å². The molecule has 1 aliphatic carbocycles. The normalized spacial score (nSPS) is 20.0. The smallest absolute Gasteiger partial charge is 0.410 e. The Morgan fingerprint density at radius 1 is 1.19 bits per heavy atom. The van der Waals surface area contributed by atoms with Gasteiger partial charge in [-0.3, -0.25) is 0 Å². The van der Waals surface area contributed by atoms with Crippen molar-refractivity contribution in [1.82, 2.24) is 10.2 Å². The molecule has 1 N–H and O–H groups in total. The molecule has 1 aromatic rings. The van der Waals surface area contributed by atoms with Crippen LogP contribution in [0.2, 0.25) is 0 Å². The molecule has 0 radical (unpaired) electrons. The molecule has 1 amide bonds. The molecule has 3 rings (SSSR count). The molecule has 2 fully saturated rings. The minimum Gasteiger partial charge on any atom is -0.444 e. The molecule has 4 nitrogen and oxygen atoms in total. The highest BCUT2D eigenvalue weighted by Gasteiger charge is 2.32. The molecule has 1 unspecified atom stereocenters. The van der Waals surface area contributed by atoms with Crippen molar-refractivity contribution >= 4 is 12.2 Å². The summed E-state index contributed by atoms with van der Waals surface area (Å²) in [5.74, 6) is 0. The predicted octanol–water partition coefficient (Wildman–Crippen LogP) is 4.86. The van der Waals surface area contributed by atoms with E-state index < -0.39 is 0 Å². The molecule has 1 aliphatic heterocycles. The van der Waals surface area contributed by atoms with E-state index in [0.717, 1.165) is 25.9 Å². The molecule has 0 spiro atoms. The Morgan fingerprint density at radius 2 is 1.88 bits per heavy atom. The number of hydrogen-bond acceptors (Lipinski definition) is 3. The van der Waals surface area contributed by atoms with Gasteiger partial charge >= 0.3 is 6.09 Å². The largest absolute Gasteiger partial charge is 0.444 e. The second kappa shape index (κ2) is 9.77. The summed E-state index contributed by atoms with van der Waals surface area (Å²) < 4.78 is 5.35. The van der Waals surface area contributed by atoms with E-state index in [1.54, 1.807) is 0 Å². The molecule has 1 atom stereocenters. The summed E-state index contributed by atoms with van der Waals surface area (Å²) in [4.78, 5) is 13.6. The fourth-order valence-corrected chi connectivity index (χ4v) is 2.79. The fraction of sp³-hybridized carbons (Fsp3) is 0.591. The standard InChI is InChI=1S/C12H22N2O2.C10H12/c1-12(2,3)16-11(15)14-7-6-10(8-14)13-9-4-5-9;1-2-3-7-10-8-5-4-6-9-10/h9-10,13H,4-8H2,1-3H3;3-9H,2H2,1H3/b;7-3-.